The van der Waals surface area contributed by atoms with Crippen LogP contribution in [0.25, 0.3) is 10.4 Å². The van der Waals surface area contributed by atoms with Crippen LogP contribution in [0.4, 0.5) is 0 Å². The van der Waals surface area contributed by atoms with Crippen molar-refractivity contribution in [2.75, 3.05) is 13.7 Å². The average Bonchev–Trinajstić information content (AvgIpc) is 2.79. The van der Waals surface area contributed by atoms with E-state index in [1.54, 1.807) is 23.2 Å². The smallest absolute Gasteiger partial charge is 0.197 e. The number of benzene rings is 1. The van der Waals surface area contributed by atoms with Gasteiger partial charge in [-0.05, 0) is 55.4 Å². The van der Waals surface area contributed by atoms with Crippen molar-refractivity contribution in [3.05, 3.63) is 33.9 Å². The number of aromatic nitrogens is 1. The third-order valence-electron chi connectivity index (χ3n) is 3.31. The first-order valence-electron chi connectivity index (χ1n) is 7.17. The van der Waals surface area contributed by atoms with Gasteiger partial charge in [-0.1, -0.05) is 19.8 Å². The van der Waals surface area contributed by atoms with Crippen molar-refractivity contribution in [1.82, 2.24) is 4.73 Å². The molecule has 2 aromatic rings. The number of unbranched alkanes of at least 4 members (excludes halogenated alkanes) is 2. The molecule has 0 atom stereocenters. The van der Waals surface area contributed by atoms with Gasteiger partial charge in [0, 0.05) is 0 Å². The molecule has 0 bridgehead atoms. The quantitative estimate of drug-likeness (QED) is 0.536. The molecule has 0 spiro atoms. The SMILES string of the molecule is CCCCCOn1c(C)c(-c2ccc(OC)cc2)sc1=S. The molecule has 1 heterocycles. The van der Waals surface area contributed by atoms with Gasteiger partial charge in [0.1, 0.15) is 12.4 Å². The molecule has 0 saturated carbocycles. The van der Waals surface area contributed by atoms with E-state index in [1.807, 2.05) is 31.2 Å². The van der Waals surface area contributed by atoms with Crippen molar-refractivity contribution in [2.24, 2.45) is 0 Å². The Kier molecular flexibility index (Phi) is 5.82. The summed E-state index contributed by atoms with van der Waals surface area (Å²) in [6, 6.07) is 8.02. The van der Waals surface area contributed by atoms with Crippen molar-refractivity contribution in [2.45, 2.75) is 33.1 Å². The second kappa shape index (κ2) is 7.61. The molecule has 0 radical (unpaired) electrons. The zero-order valence-electron chi connectivity index (χ0n) is 12.7. The van der Waals surface area contributed by atoms with Gasteiger partial charge in [0.15, 0.2) is 3.95 Å². The van der Waals surface area contributed by atoms with Gasteiger partial charge in [-0.25, -0.2) is 0 Å². The minimum Gasteiger partial charge on any atom is -0.497 e. The van der Waals surface area contributed by atoms with Gasteiger partial charge in [0.05, 0.1) is 17.7 Å². The maximum absolute atomic E-state index is 5.81. The van der Waals surface area contributed by atoms with E-state index in [2.05, 4.69) is 6.92 Å². The molecule has 21 heavy (non-hydrogen) atoms. The van der Waals surface area contributed by atoms with Crippen LogP contribution in [0, 0.1) is 10.9 Å². The average molecular weight is 323 g/mol. The Labute approximate surface area is 135 Å². The highest BCUT2D eigenvalue weighted by Crippen LogP contribution is 2.31. The first-order valence-corrected chi connectivity index (χ1v) is 8.40. The van der Waals surface area contributed by atoms with Crippen LogP contribution in [0.15, 0.2) is 24.3 Å². The first-order chi connectivity index (χ1) is 10.2. The number of hydrogen-bond donors (Lipinski definition) is 0. The molecule has 0 aliphatic rings. The Morgan fingerprint density at radius 1 is 1.19 bits per heavy atom. The topological polar surface area (TPSA) is 23.4 Å². The minimum absolute atomic E-state index is 0.710. The van der Waals surface area contributed by atoms with E-state index in [1.165, 1.54) is 12.8 Å². The van der Waals surface area contributed by atoms with E-state index in [9.17, 15) is 0 Å². The summed E-state index contributed by atoms with van der Waals surface area (Å²) in [7, 11) is 1.67. The summed E-state index contributed by atoms with van der Waals surface area (Å²) in [5, 5.41) is 0. The highest BCUT2D eigenvalue weighted by atomic mass is 32.1. The lowest BCUT2D eigenvalue weighted by Crippen LogP contribution is -2.14. The van der Waals surface area contributed by atoms with Crippen LogP contribution in [0.2, 0.25) is 0 Å². The van der Waals surface area contributed by atoms with Gasteiger partial charge in [-0.2, -0.15) is 4.73 Å². The maximum atomic E-state index is 5.81. The predicted octanol–water partition coefficient (Wildman–Crippen LogP) is 4.88. The number of nitrogens with zero attached hydrogens (tertiary/aromatic N) is 1. The van der Waals surface area contributed by atoms with Crippen LogP contribution in [0.1, 0.15) is 31.9 Å². The summed E-state index contributed by atoms with van der Waals surface area (Å²) in [5.74, 6) is 0.857. The van der Waals surface area contributed by atoms with Gasteiger partial charge in [0.2, 0.25) is 0 Å². The molecule has 1 aromatic heterocycles. The lowest BCUT2D eigenvalue weighted by atomic mass is 10.1. The molecule has 5 heteroatoms. The van der Waals surface area contributed by atoms with Gasteiger partial charge in [0.25, 0.3) is 0 Å². The lowest BCUT2D eigenvalue weighted by molar-refractivity contribution is 0.102. The summed E-state index contributed by atoms with van der Waals surface area (Å²) in [4.78, 5) is 6.97. The van der Waals surface area contributed by atoms with Crippen molar-refractivity contribution < 1.29 is 9.57 Å². The molecular formula is C16H21NO2S2. The molecular weight excluding hydrogens is 302 g/mol. The molecule has 3 nitrogen and oxygen atoms in total. The van der Waals surface area contributed by atoms with Crippen molar-refractivity contribution >= 4 is 23.6 Å². The van der Waals surface area contributed by atoms with E-state index in [0.717, 1.165) is 32.3 Å². The summed E-state index contributed by atoms with van der Waals surface area (Å²) in [6.07, 6.45) is 3.43. The van der Waals surface area contributed by atoms with Crippen LogP contribution in [-0.2, 0) is 0 Å². The number of ether oxygens (including phenoxy) is 1. The molecule has 0 aliphatic carbocycles. The van der Waals surface area contributed by atoms with Gasteiger partial charge in [-0.15, -0.1) is 11.3 Å². The fourth-order valence-electron chi connectivity index (χ4n) is 2.10. The van der Waals surface area contributed by atoms with E-state index in [4.69, 9.17) is 21.8 Å². The van der Waals surface area contributed by atoms with Gasteiger partial charge in [-0.3, -0.25) is 0 Å². The van der Waals surface area contributed by atoms with E-state index < -0.39 is 0 Å². The van der Waals surface area contributed by atoms with E-state index >= 15 is 0 Å². The van der Waals surface area contributed by atoms with Gasteiger partial charge >= 0.3 is 0 Å². The second-order valence-corrected chi connectivity index (χ2v) is 6.49. The molecule has 0 unspecified atom stereocenters. The number of methoxy groups -OCH3 is 1. The van der Waals surface area contributed by atoms with Crippen molar-refractivity contribution in [1.29, 1.82) is 0 Å². The van der Waals surface area contributed by atoms with Crippen LogP contribution >= 0.6 is 23.6 Å². The zero-order chi connectivity index (χ0) is 15.2. The highest BCUT2D eigenvalue weighted by Gasteiger charge is 2.11. The third-order valence-corrected chi connectivity index (χ3v) is 4.80. The number of rotatable bonds is 7. The third kappa shape index (κ3) is 3.86. The Balaban J connectivity index is 2.19. The van der Waals surface area contributed by atoms with Crippen molar-refractivity contribution in [3.63, 3.8) is 0 Å². The number of thiazole rings is 1. The molecule has 0 N–H and O–H groups in total. The monoisotopic (exact) mass is 323 g/mol. The number of hydrogen-bond acceptors (Lipinski definition) is 4. The Morgan fingerprint density at radius 2 is 1.90 bits per heavy atom. The maximum Gasteiger partial charge on any atom is 0.197 e. The molecule has 0 fully saturated rings. The fourth-order valence-corrected chi connectivity index (χ4v) is 3.47. The summed E-state index contributed by atoms with van der Waals surface area (Å²) >= 11 is 7.00. The Hall–Kier alpha value is -1.33. The molecule has 2 rings (SSSR count). The standard InChI is InChI=1S/C16H21NO2S2/c1-4-5-6-11-19-17-12(2)15(21-16(17)20)13-7-9-14(18-3)10-8-13/h7-10H,4-6,11H2,1-3H3. The van der Waals surface area contributed by atoms with Gasteiger partial charge < -0.3 is 9.57 Å². The van der Waals surface area contributed by atoms with Crippen LogP contribution in [0.3, 0.4) is 0 Å². The fraction of sp³-hybridized carbons (Fsp3) is 0.438. The molecule has 0 saturated heterocycles. The second-order valence-electron chi connectivity index (χ2n) is 4.85. The lowest BCUT2D eigenvalue weighted by Gasteiger charge is -2.09. The summed E-state index contributed by atoms with van der Waals surface area (Å²) in [6.45, 7) is 4.94. The van der Waals surface area contributed by atoms with Crippen LogP contribution < -0.4 is 9.57 Å². The molecule has 1 aromatic carbocycles. The van der Waals surface area contributed by atoms with Crippen LogP contribution in [-0.4, -0.2) is 18.4 Å². The first kappa shape index (κ1) is 16.0. The van der Waals surface area contributed by atoms with Crippen molar-refractivity contribution in [3.8, 4) is 16.2 Å². The normalized spacial score (nSPS) is 10.6. The Bertz CT molecular complexity index is 629. The Morgan fingerprint density at radius 3 is 2.52 bits per heavy atom. The molecule has 0 amide bonds. The highest BCUT2D eigenvalue weighted by molar-refractivity contribution is 7.73. The molecule has 114 valence electrons. The van der Waals surface area contributed by atoms with E-state index in [-0.39, 0.29) is 0 Å². The minimum atomic E-state index is 0.710. The van der Waals surface area contributed by atoms with Crippen LogP contribution in [0.5, 0.6) is 5.75 Å². The summed E-state index contributed by atoms with van der Waals surface area (Å²) in [5.41, 5.74) is 2.20. The largest absolute Gasteiger partial charge is 0.497 e. The predicted molar refractivity (Wildman–Crippen MR) is 90.8 cm³/mol. The van der Waals surface area contributed by atoms with E-state index in [0.29, 0.717) is 6.61 Å². The molecule has 0 aliphatic heterocycles. The zero-order valence-corrected chi connectivity index (χ0v) is 14.4. The summed E-state index contributed by atoms with van der Waals surface area (Å²) < 4.78 is 7.74.